The standard InChI is InChI=1S/C20H21ClN2O2S/c1-14(2)25-17-9-7-15(8-10-17)19(24)23-12-11-22-20(23)26-13-16-5-3-4-6-18(16)21/h3-10,14H,11-13H2,1-2H3. The number of amides is 1. The van der Waals surface area contributed by atoms with Crippen molar-refractivity contribution in [2.45, 2.75) is 25.7 Å². The predicted molar refractivity (Wildman–Crippen MR) is 108 cm³/mol. The molecular weight excluding hydrogens is 368 g/mol. The summed E-state index contributed by atoms with van der Waals surface area (Å²) in [6.07, 6.45) is 0.107. The number of ether oxygens (including phenoxy) is 1. The molecule has 2 aromatic carbocycles. The smallest absolute Gasteiger partial charge is 0.259 e. The van der Waals surface area contributed by atoms with Crippen LogP contribution in [0.2, 0.25) is 5.02 Å². The molecule has 0 fully saturated rings. The summed E-state index contributed by atoms with van der Waals surface area (Å²) in [6, 6.07) is 15.0. The lowest BCUT2D eigenvalue weighted by molar-refractivity contribution is 0.0860. The largest absolute Gasteiger partial charge is 0.491 e. The number of amidine groups is 1. The van der Waals surface area contributed by atoms with Gasteiger partial charge in [-0.2, -0.15) is 0 Å². The molecule has 26 heavy (non-hydrogen) atoms. The highest BCUT2D eigenvalue weighted by atomic mass is 35.5. The maximum atomic E-state index is 12.8. The second-order valence-corrected chi connectivity index (χ2v) is 7.54. The fourth-order valence-electron chi connectivity index (χ4n) is 2.60. The van der Waals surface area contributed by atoms with Crippen molar-refractivity contribution in [1.82, 2.24) is 4.90 Å². The van der Waals surface area contributed by atoms with Gasteiger partial charge in [0.1, 0.15) is 5.75 Å². The summed E-state index contributed by atoms with van der Waals surface area (Å²) in [5, 5.41) is 1.48. The van der Waals surface area contributed by atoms with E-state index < -0.39 is 0 Å². The van der Waals surface area contributed by atoms with Crippen molar-refractivity contribution in [1.29, 1.82) is 0 Å². The first kappa shape index (κ1) is 18.8. The Balaban J connectivity index is 1.65. The average molecular weight is 389 g/mol. The molecule has 4 nitrogen and oxygen atoms in total. The molecule has 0 saturated carbocycles. The minimum absolute atomic E-state index is 0.0380. The molecule has 0 saturated heterocycles. The summed E-state index contributed by atoms with van der Waals surface area (Å²) in [5.74, 6) is 1.41. The van der Waals surface area contributed by atoms with Gasteiger partial charge >= 0.3 is 0 Å². The molecule has 0 unspecified atom stereocenters. The normalized spacial score (nSPS) is 13.8. The average Bonchev–Trinajstić information content (AvgIpc) is 3.09. The number of carbonyl (C=O) groups is 1. The Morgan fingerprint density at radius 1 is 1.23 bits per heavy atom. The molecule has 3 rings (SSSR count). The summed E-state index contributed by atoms with van der Waals surface area (Å²) in [4.78, 5) is 19.1. The summed E-state index contributed by atoms with van der Waals surface area (Å²) in [5.41, 5.74) is 1.67. The van der Waals surface area contributed by atoms with E-state index >= 15 is 0 Å². The van der Waals surface area contributed by atoms with Crippen LogP contribution in [0.25, 0.3) is 0 Å². The van der Waals surface area contributed by atoms with E-state index in [0.717, 1.165) is 21.5 Å². The van der Waals surface area contributed by atoms with E-state index in [9.17, 15) is 4.79 Å². The fraction of sp³-hybridized carbons (Fsp3) is 0.300. The molecule has 1 heterocycles. The van der Waals surface area contributed by atoms with Crippen LogP contribution in [-0.4, -0.2) is 35.2 Å². The molecule has 6 heteroatoms. The van der Waals surface area contributed by atoms with Crippen molar-refractivity contribution in [3.05, 3.63) is 64.7 Å². The third-order valence-electron chi connectivity index (χ3n) is 3.83. The molecule has 0 atom stereocenters. The molecule has 0 bridgehead atoms. The van der Waals surface area contributed by atoms with Crippen LogP contribution in [0.1, 0.15) is 29.8 Å². The highest BCUT2D eigenvalue weighted by Crippen LogP contribution is 2.25. The van der Waals surface area contributed by atoms with Crippen molar-refractivity contribution in [3.8, 4) is 5.75 Å². The third-order valence-corrected chi connectivity index (χ3v) is 5.27. The highest BCUT2D eigenvalue weighted by molar-refractivity contribution is 8.13. The zero-order valence-electron chi connectivity index (χ0n) is 14.8. The number of aliphatic imine (C=N–C) groups is 1. The lowest BCUT2D eigenvalue weighted by Gasteiger charge is -2.18. The second-order valence-electron chi connectivity index (χ2n) is 6.19. The van der Waals surface area contributed by atoms with Gasteiger partial charge in [0, 0.05) is 22.9 Å². The van der Waals surface area contributed by atoms with Gasteiger partial charge in [-0.15, -0.1) is 0 Å². The summed E-state index contributed by atoms with van der Waals surface area (Å²) in [6.45, 7) is 5.18. The Labute approximate surface area is 163 Å². The van der Waals surface area contributed by atoms with Crippen LogP contribution in [0, 0.1) is 0 Å². The fourth-order valence-corrected chi connectivity index (χ4v) is 3.93. The number of hydrogen-bond donors (Lipinski definition) is 0. The lowest BCUT2D eigenvalue weighted by Crippen LogP contribution is -2.32. The van der Waals surface area contributed by atoms with E-state index in [1.54, 1.807) is 17.0 Å². The molecular formula is C20H21ClN2O2S. The summed E-state index contributed by atoms with van der Waals surface area (Å²) < 4.78 is 5.63. The zero-order chi connectivity index (χ0) is 18.5. The van der Waals surface area contributed by atoms with E-state index in [2.05, 4.69) is 4.99 Å². The van der Waals surface area contributed by atoms with E-state index in [0.29, 0.717) is 24.4 Å². The van der Waals surface area contributed by atoms with Crippen LogP contribution in [0.4, 0.5) is 0 Å². The Bertz CT molecular complexity index is 806. The van der Waals surface area contributed by atoms with Gasteiger partial charge in [0.25, 0.3) is 5.91 Å². The van der Waals surface area contributed by atoms with Crippen LogP contribution in [0.15, 0.2) is 53.5 Å². The molecule has 1 amide bonds. The van der Waals surface area contributed by atoms with Gasteiger partial charge in [-0.1, -0.05) is 41.6 Å². The molecule has 0 aromatic heterocycles. The van der Waals surface area contributed by atoms with Crippen molar-refractivity contribution in [2.75, 3.05) is 13.1 Å². The summed E-state index contributed by atoms with van der Waals surface area (Å²) in [7, 11) is 0. The molecule has 0 radical (unpaired) electrons. The highest BCUT2D eigenvalue weighted by Gasteiger charge is 2.25. The van der Waals surface area contributed by atoms with Gasteiger partial charge in [0.15, 0.2) is 5.17 Å². The van der Waals surface area contributed by atoms with Gasteiger partial charge in [-0.25, -0.2) is 0 Å². The van der Waals surface area contributed by atoms with Gasteiger partial charge in [-0.05, 0) is 49.7 Å². The van der Waals surface area contributed by atoms with Crippen LogP contribution in [0.3, 0.4) is 0 Å². The number of thioether (sulfide) groups is 1. The Morgan fingerprint density at radius 2 is 1.96 bits per heavy atom. The van der Waals surface area contributed by atoms with Crippen LogP contribution in [0.5, 0.6) is 5.75 Å². The van der Waals surface area contributed by atoms with E-state index in [1.165, 1.54) is 11.8 Å². The van der Waals surface area contributed by atoms with Crippen molar-refractivity contribution < 1.29 is 9.53 Å². The summed E-state index contributed by atoms with van der Waals surface area (Å²) >= 11 is 7.75. The molecule has 0 N–H and O–H groups in total. The number of benzene rings is 2. The maximum absolute atomic E-state index is 12.8. The molecule has 2 aromatic rings. The second kappa shape index (κ2) is 8.60. The Kier molecular flexibility index (Phi) is 6.22. The topological polar surface area (TPSA) is 41.9 Å². The van der Waals surface area contributed by atoms with Gasteiger partial charge in [-0.3, -0.25) is 14.7 Å². The lowest BCUT2D eigenvalue weighted by atomic mass is 10.2. The van der Waals surface area contributed by atoms with Gasteiger partial charge in [0.05, 0.1) is 12.6 Å². The van der Waals surface area contributed by atoms with Crippen molar-refractivity contribution in [3.63, 3.8) is 0 Å². The van der Waals surface area contributed by atoms with Crippen LogP contribution < -0.4 is 4.74 Å². The molecule has 1 aliphatic heterocycles. The third kappa shape index (κ3) is 4.59. The van der Waals surface area contributed by atoms with E-state index in [4.69, 9.17) is 16.3 Å². The number of carbonyl (C=O) groups excluding carboxylic acids is 1. The van der Waals surface area contributed by atoms with Gasteiger partial charge < -0.3 is 4.74 Å². The monoisotopic (exact) mass is 388 g/mol. The number of nitrogens with zero attached hydrogens (tertiary/aromatic N) is 2. The first-order valence-electron chi connectivity index (χ1n) is 8.54. The minimum Gasteiger partial charge on any atom is -0.491 e. The Hall–Kier alpha value is -1.98. The number of hydrogen-bond acceptors (Lipinski definition) is 4. The Morgan fingerprint density at radius 3 is 2.65 bits per heavy atom. The quantitative estimate of drug-likeness (QED) is 0.733. The maximum Gasteiger partial charge on any atom is 0.259 e. The minimum atomic E-state index is -0.0380. The zero-order valence-corrected chi connectivity index (χ0v) is 16.4. The van der Waals surface area contributed by atoms with Gasteiger partial charge in [0.2, 0.25) is 0 Å². The number of halogens is 1. The van der Waals surface area contributed by atoms with E-state index in [-0.39, 0.29) is 12.0 Å². The predicted octanol–water partition coefficient (Wildman–Crippen LogP) is 4.87. The SMILES string of the molecule is CC(C)Oc1ccc(C(=O)N2CCN=C2SCc2ccccc2Cl)cc1. The van der Waals surface area contributed by atoms with Crippen LogP contribution in [-0.2, 0) is 5.75 Å². The first-order valence-corrected chi connectivity index (χ1v) is 9.90. The molecule has 136 valence electrons. The van der Waals surface area contributed by atoms with Crippen molar-refractivity contribution in [2.24, 2.45) is 4.99 Å². The van der Waals surface area contributed by atoms with E-state index in [1.807, 2.05) is 50.2 Å². The molecule has 1 aliphatic rings. The molecule has 0 aliphatic carbocycles. The van der Waals surface area contributed by atoms with Crippen LogP contribution >= 0.6 is 23.4 Å². The molecule has 0 spiro atoms. The first-order chi connectivity index (χ1) is 12.5. The van der Waals surface area contributed by atoms with Crippen molar-refractivity contribution >= 4 is 34.4 Å². The number of rotatable bonds is 5.